The molecule has 0 aliphatic heterocycles. The molecule has 5 nitrogen and oxygen atoms in total. The van der Waals surface area contributed by atoms with Gasteiger partial charge in [-0.3, -0.25) is 5.41 Å². The molecule has 3 rings (SSSR count). The lowest BCUT2D eigenvalue weighted by Gasteiger charge is -2.13. The summed E-state index contributed by atoms with van der Waals surface area (Å²) < 4.78 is 9.15. The highest BCUT2D eigenvalue weighted by Gasteiger charge is 2.14. The van der Waals surface area contributed by atoms with Gasteiger partial charge in [0.25, 0.3) is 0 Å². The summed E-state index contributed by atoms with van der Waals surface area (Å²) in [6.07, 6.45) is 1.07. The topological polar surface area (TPSA) is 63.2 Å². The monoisotopic (exact) mass is 337 g/mol. The molecule has 1 aromatic heterocycles. The highest BCUT2D eigenvalue weighted by molar-refractivity contribution is 5.75. The van der Waals surface area contributed by atoms with Crippen molar-refractivity contribution in [2.75, 3.05) is 6.61 Å². The number of para-hydroxylation sites is 2. The van der Waals surface area contributed by atoms with E-state index in [0.29, 0.717) is 25.3 Å². The molecule has 0 spiro atoms. The Kier molecular flexibility index (Phi) is 5.05. The van der Waals surface area contributed by atoms with Crippen LogP contribution in [-0.2, 0) is 13.1 Å². The fraction of sp³-hybridized carbons (Fsp3) is 0.250. The summed E-state index contributed by atoms with van der Waals surface area (Å²) >= 11 is 0. The van der Waals surface area contributed by atoms with Crippen LogP contribution in [-0.4, -0.2) is 20.8 Å². The molecular weight excluding hydrogens is 314 g/mol. The Morgan fingerprint density at radius 1 is 1.12 bits per heavy atom. The molecular formula is C20H23N3O2. The first-order chi connectivity index (χ1) is 12.2. The van der Waals surface area contributed by atoms with Gasteiger partial charge in [0.1, 0.15) is 5.75 Å². The summed E-state index contributed by atoms with van der Waals surface area (Å²) in [4.78, 5) is 0. The van der Waals surface area contributed by atoms with Gasteiger partial charge >= 0.3 is 0 Å². The van der Waals surface area contributed by atoms with Crippen molar-refractivity contribution in [1.82, 2.24) is 9.13 Å². The summed E-state index contributed by atoms with van der Waals surface area (Å²) in [5.41, 5.74) is 3.05. The van der Waals surface area contributed by atoms with E-state index in [2.05, 4.69) is 6.58 Å². The van der Waals surface area contributed by atoms with E-state index in [1.54, 1.807) is 6.08 Å². The molecule has 1 heterocycles. The summed E-state index contributed by atoms with van der Waals surface area (Å²) in [7, 11) is 0. The molecule has 2 aromatic carbocycles. The van der Waals surface area contributed by atoms with Crippen molar-refractivity contribution in [2.45, 2.75) is 26.1 Å². The first kappa shape index (κ1) is 17.0. The number of hydrogen-bond acceptors (Lipinski definition) is 3. The molecule has 0 aliphatic carbocycles. The van der Waals surface area contributed by atoms with Gasteiger partial charge in [0.05, 0.1) is 30.3 Å². The highest BCUT2D eigenvalue weighted by Crippen LogP contribution is 2.21. The summed E-state index contributed by atoms with van der Waals surface area (Å²) in [5.74, 6) is 0.787. The standard InChI is InChI=1S/C20H23N3O2/c1-3-13-22-17-7-5-6-8-18(17)23(20(22)21)14-19(24)15-9-11-16(12-10-15)25-4-2/h3,5-12,19,21,24H,1,4,13-14H2,2H3. The minimum Gasteiger partial charge on any atom is -0.494 e. The third-order valence-corrected chi connectivity index (χ3v) is 4.22. The molecule has 0 bridgehead atoms. The van der Waals surface area contributed by atoms with E-state index in [9.17, 15) is 5.11 Å². The van der Waals surface area contributed by atoms with Crippen molar-refractivity contribution in [3.05, 3.63) is 72.4 Å². The predicted octanol–water partition coefficient (Wildman–Crippen LogP) is 3.24. The molecule has 0 saturated heterocycles. The molecule has 0 aliphatic rings. The third-order valence-electron chi connectivity index (χ3n) is 4.22. The van der Waals surface area contributed by atoms with Crippen LogP contribution in [0.1, 0.15) is 18.6 Å². The van der Waals surface area contributed by atoms with E-state index < -0.39 is 6.10 Å². The van der Waals surface area contributed by atoms with Gasteiger partial charge in [-0.25, -0.2) is 0 Å². The number of ether oxygens (including phenoxy) is 1. The van der Waals surface area contributed by atoms with E-state index in [-0.39, 0.29) is 0 Å². The third kappa shape index (κ3) is 3.37. The molecule has 130 valence electrons. The van der Waals surface area contributed by atoms with Crippen LogP contribution < -0.4 is 10.4 Å². The maximum atomic E-state index is 10.6. The molecule has 2 N–H and O–H groups in total. The smallest absolute Gasteiger partial charge is 0.203 e. The zero-order valence-corrected chi connectivity index (χ0v) is 14.4. The highest BCUT2D eigenvalue weighted by atomic mass is 16.5. The number of aliphatic hydroxyl groups is 1. The Balaban J connectivity index is 1.93. The molecule has 25 heavy (non-hydrogen) atoms. The number of benzene rings is 2. The fourth-order valence-electron chi connectivity index (χ4n) is 3.02. The largest absolute Gasteiger partial charge is 0.494 e. The minimum atomic E-state index is -0.701. The summed E-state index contributed by atoms with van der Waals surface area (Å²) in [6.45, 7) is 7.20. The second kappa shape index (κ2) is 7.40. The van der Waals surface area contributed by atoms with Crippen LogP contribution in [0.25, 0.3) is 11.0 Å². The molecule has 1 unspecified atom stereocenters. The van der Waals surface area contributed by atoms with E-state index in [0.717, 1.165) is 22.3 Å². The first-order valence-electron chi connectivity index (χ1n) is 8.40. The van der Waals surface area contributed by atoms with E-state index in [1.807, 2.05) is 64.6 Å². The maximum absolute atomic E-state index is 10.6. The van der Waals surface area contributed by atoms with Gasteiger partial charge in [0.2, 0.25) is 5.62 Å². The Morgan fingerprint density at radius 2 is 1.76 bits per heavy atom. The Labute approximate surface area is 146 Å². The first-order valence-corrected chi connectivity index (χ1v) is 8.40. The lowest BCUT2D eigenvalue weighted by atomic mass is 10.1. The van der Waals surface area contributed by atoms with Crippen molar-refractivity contribution in [2.24, 2.45) is 0 Å². The molecule has 3 aromatic rings. The van der Waals surface area contributed by atoms with Crippen LogP contribution in [0.2, 0.25) is 0 Å². The predicted molar refractivity (Wildman–Crippen MR) is 98.6 cm³/mol. The van der Waals surface area contributed by atoms with Crippen molar-refractivity contribution in [3.63, 3.8) is 0 Å². The number of rotatable bonds is 7. The van der Waals surface area contributed by atoms with Gasteiger partial charge < -0.3 is 19.0 Å². The fourth-order valence-corrected chi connectivity index (χ4v) is 3.02. The minimum absolute atomic E-state index is 0.317. The normalized spacial score (nSPS) is 12.2. The number of allylic oxidation sites excluding steroid dienone is 1. The molecule has 0 saturated carbocycles. The number of aliphatic hydroxyl groups excluding tert-OH is 1. The van der Waals surface area contributed by atoms with Crippen molar-refractivity contribution >= 4 is 11.0 Å². The van der Waals surface area contributed by atoms with Crippen LogP contribution in [0.15, 0.2) is 61.2 Å². The van der Waals surface area contributed by atoms with Crippen LogP contribution >= 0.6 is 0 Å². The van der Waals surface area contributed by atoms with Crippen LogP contribution in [0.4, 0.5) is 0 Å². The van der Waals surface area contributed by atoms with Gasteiger partial charge in [0, 0.05) is 6.54 Å². The molecule has 0 fully saturated rings. The lowest BCUT2D eigenvalue weighted by molar-refractivity contribution is 0.155. The van der Waals surface area contributed by atoms with Gasteiger partial charge in [-0.2, -0.15) is 0 Å². The molecule has 1 atom stereocenters. The quantitative estimate of drug-likeness (QED) is 0.650. The van der Waals surface area contributed by atoms with Gasteiger partial charge in [-0.05, 0) is 36.8 Å². The maximum Gasteiger partial charge on any atom is 0.203 e. The van der Waals surface area contributed by atoms with E-state index >= 15 is 0 Å². The average molecular weight is 337 g/mol. The van der Waals surface area contributed by atoms with Gasteiger partial charge in [-0.1, -0.05) is 30.3 Å². The number of hydrogen-bond donors (Lipinski definition) is 2. The van der Waals surface area contributed by atoms with Crippen LogP contribution in [0.5, 0.6) is 5.75 Å². The zero-order chi connectivity index (χ0) is 17.8. The Hall–Kier alpha value is -2.79. The lowest BCUT2D eigenvalue weighted by Crippen LogP contribution is -2.26. The molecule has 5 heteroatoms. The van der Waals surface area contributed by atoms with E-state index in [4.69, 9.17) is 10.1 Å². The van der Waals surface area contributed by atoms with Crippen LogP contribution in [0.3, 0.4) is 0 Å². The molecule has 0 amide bonds. The van der Waals surface area contributed by atoms with Crippen LogP contribution in [0, 0.1) is 5.41 Å². The average Bonchev–Trinajstić information content (AvgIpc) is 2.89. The van der Waals surface area contributed by atoms with Crippen molar-refractivity contribution in [1.29, 1.82) is 5.41 Å². The number of imidazole rings is 1. The summed E-state index contributed by atoms with van der Waals surface area (Å²) in [6, 6.07) is 15.3. The van der Waals surface area contributed by atoms with Gasteiger partial charge in [0.15, 0.2) is 0 Å². The Bertz CT molecular complexity index is 922. The summed E-state index contributed by atoms with van der Waals surface area (Å²) in [5, 5.41) is 19.1. The second-order valence-electron chi connectivity index (χ2n) is 5.84. The zero-order valence-electron chi connectivity index (χ0n) is 14.4. The van der Waals surface area contributed by atoms with Crippen molar-refractivity contribution < 1.29 is 9.84 Å². The van der Waals surface area contributed by atoms with Crippen molar-refractivity contribution in [3.8, 4) is 5.75 Å². The van der Waals surface area contributed by atoms with E-state index in [1.165, 1.54) is 0 Å². The SMILES string of the molecule is C=CCn1c(=N)n(CC(O)c2ccc(OCC)cc2)c2ccccc21. The Morgan fingerprint density at radius 3 is 2.36 bits per heavy atom. The number of fused-ring (bicyclic) bond motifs is 1. The number of aromatic nitrogens is 2. The molecule has 0 radical (unpaired) electrons. The number of nitrogens with zero attached hydrogens (tertiary/aromatic N) is 2. The van der Waals surface area contributed by atoms with Gasteiger partial charge in [-0.15, -0.1) is 6.58 Å². The second-order valence-corrected chi connectivity index (χ2v) is 5.84. The number of nitrogens with one attached hydrogen (secondary N) is 1.